The highest BCUT2D eigenvalue weighted by Crippen LogP contribution is 2.32. The molecule has 4 aromatic rings. The molecule has 0 saturated heterocycles. The SMILES string of the molecule is O=C(NC(c1ccccc1)c1ccncc1)c1cccc(S(=O)(=O)N2CCCc3ccccc32)c1. The first-order valence-electron chi connectivity index (χ1n) is 11.5. The second kappa shape index (κ2) is 9.72. The molecule has 3 aromatic carbocycles. The quantitative estimate of drug-likeness (QED) is 0.430. The molecule has 0 spiro atoms. The van der Waals surface area contributed by atoms with E-state index in [0.717, 1.165) is 29.5 Å². The topological polar surface area (TPSA) is 79.4 Å². The number of benzene rings is 3. The average molecular weight is 484 g/mol. The minimum absolute atomic E-state index is 0.0991. The molecule has 176 valence electrons. The van der Waals surface area contributed by atoms with E-state index in [2.05, 4.69) is 10.3 Å². The summed E-state index contributed by atoms with van der Waals surface area (Å²) in [5, 5.41) is 3.06. The van der Waals surface area contributed by atoms with Crippen LogP contribution in [0, 0.1) is 0 Å². The third kappa shape index (κ3) is 4.68. The highest BCUT2D eigenvalue weighted by Gasteiger charge is 2.29. The van der Waals surface area contributed by atoms with E-state index < -0.39 is 16.1 Å². The molecule has 1 atom stereocenters. The van der Waals surface area contributed by atoms with E-state index in [0.29, 0.717) is 12.2 Å². The Kier molecular flexibility index (Phi) is 6.33. The van der Waals surface area contributed by atoms with Gasteiger partial charge in [-0.1, -0.05) is 54.6 Å². The van der Waals surface area contributed by atoms with Gasteiger partial charge in [0.25, 0.3) is 15.9 Å². The second-order valence-corrected chi connectivity index (χ2v) is 10.3. The summed E-state index contributed by atoms with van der Waals surface area (Å²) in [6.45, 7) is 0.411. The van der Waals surface area contributed by atoms with Gasteiger partial charge >= 0.3 is 0 Å². The number of nitrogens with one attached hydrogen (secondary N) is 1. The van der Waals surface area contributed by atoms with Gasteiger partial charge in [-0.05, 0) is 65.9 Å². The Morgan fingerprint density at radius 2 is 1.57 bits per heavy atom. The Morgan fingerprint density at radius 3 is 2.37 bits per heavy atom. The fraction of sp³-hybridized carbons (Fsp3) is 0.143. The predicted octanol–water partition coefficient (Wildman–Crippen LogP) is 4.74. The van der Waals surface area contributed by atoms with Gasteiger partial charge in [0.1, 0.15) is 0 Å². The van der Waals surface area contributed by atoms with Crippen LogP contribution < -0.4 is 9.62 Å². The second-order valence-electron chi connectivity index (χ2n) is 8.43. The van der Waals surface area contributed by atoms with Crippen molar-refractivity contribution in [2.75, 3.05) is 10.8 Å². The van der Waals surface area contributed by atoms with E-state index in [1.165, 1.54) is 10.4 Å². The summed E-state index contributed by atoms with van der Waals surface area (Å²) in [4.78, 5) is 17.5. The highest BCUT2D eigenvalue weighted by atomic mass is 32.2. The summed E-state index contributed by atoms with van der Waals surface area (Å²) in [7, 11) is -3.82. The lowest BCUT2D eigenvalue weighted by molar-refractivity contribution is 0.0942. The molecule has 1 amide bonds. The average Bonchev–Trinajstić information content (AvgIpc) is 2.92. The van der Waals surface area contributed by atoms with Crippen LogP contribution in [0.4, 0.5) is 5.69 Å². The number of pyridine rings is 1. The van der Waals surface area contributed by atoms with Gasteiger partial charge in [-0.3, -0.25) is 14.1 Å². The summed E-state index contributed by atoms with van der Waals surface area (Å²) < 4.78 is 28.6. The summed E-state index contributed by atoms with van der Waals surface area (Å²) in [5.74, 6) is -0.355. The molecule has 7 heteroatoms. The number of para-hydroxylation sites is 1. The lowest BCUT2D eigenvalue weighted by Gasteiger charge is -2.30. The van der Waals surface area contributed by atoms with Crippen molar-refractivity contribution in [3.63, 3.8) is 0 Å². The molecule has 1 N–H and O–H groups in total. The number of rotatable bonds is 6. The first kappa shape index (κ1) is 22.8. The third-order valence-corrected chi connectivity index (χ3v) is 8.01. The first-order valence-corrected chi connectivity index (χ1v) is 12.9. The number of aryl methyl sites for hydroxylation is 1. The largest absolute Gasteiger partial charge is 0.341 e. The predicted molar refractivity (Wildman–Crippen MR) is 136 cm³/mol. The number of sulfonamides is 1. The summed E-state index contributed by atoms with van der Waals surface area (Å²) in [5.41, 5.74) is 3.80. The van der Waals surface area contributed by atoms with Gasteiger partial charge in [0.15, 0.2) is 0 Å². The Labute approximate surface area is 205 Å². The molecule has 0 aliphatic carbocycles. The minimum Gasteiger partial charge on any atom is -0.341 e. The first-order chi connectivity index (χ1) is 17.0. The number of amides is 1. The molecule has 1 aliphatic rings. The van der Waals surface area contributed by atoms with E-state index in [9.17, 15) is 13.2 Å². The maximum Gasteiger partial charge on any atom is 0.264 e. The van der Waals surface area contributed by atoms with Gasteiger partial charge in [-0.15, -0.1) is 0 Å². The Morgan fingerprint density at radius 1 is 0.857 bits per heavy atom. The zero-order valence-corrected chi connectivity index (χ0v) is 19.9. The van der Waals surface area contributed by atoms with E-state index in [1.807, 2.05) is 66.7 Å². The van der Waals surface area contributed by atoms with Crippen molar-refractivity contribution >= 4 is 21.6 Å². The van der Waals surface area contributed by atoms with Crippen LogP contribution in [0.2, 0.25) is 0 Å². The Bertz CT molecular complexity index is 1400. The maximum absolute atomic E-state index is 13.6. The number of carbonyl (C=O) groups is 1. The van der Waals surface area contributed by atoms with Gasteiger partial charge in [-0.2, -0.15) is 0 Å². The number of carbonyl (C=O) groups excluding carboxylic acids is 1. The molecular weight excluding hydrogens is 458 g/mol. The van der Waals surface area contributed by atoms with Crippen LogP contribution in [-0.4, -0.2) is 25.9 Å². The number of hydrogen-bond acceptors (Lipinski definition) is 4. The molecule has 1 aliphatic heterocycles. The number of aromatic nitrogens is 1. The van der Waals surface area contributed by atoms with Crippen molar-refractivity contribution in [3.8, 4) is 0 Å². The van der Waals surface area contributed by atoms with E-state index >= 15 is 0 Å². The Balaban J connectivity index is 1.45. The number of hydrogen-bond donors (Lipinski definition) is 1. The van der Waals surface area contributed by atoms with E-state index in [1.54, 1.807) is 30.6 Å². The molecule has 1 unspecified atom stereocenters. The third-order valence-electron chi connectivity index (χ3n) is 6.20. The number of fused-ring (bicyclic) bond motifs is 1. The molecule has 0 bridgehead atoms. The zero-order chi connectivity index (χ0) is 24.3. The standard InChI is InChI=1S/C28H25N3O3S/c32-28(30-27(22-9-2-1-3-10-22)23-15-17-29-18-16-23)24-11-6-13-25(20-24)35(33,34)31-19-7-12-21-8-4-5-14-26(21)31/h1-6,8-11,13-18,20,27H,7,12,19H2,(H,30,32). The van der Waals surface area contributed by atoms with Crippen molar-refractivity contribution in [1.29, 1.82) is 0 Å². The molecule has 35 heavy (non-hydrogen) atoms. The van der Waals surface area contributed by atoms with Crippen LogP contribution in [-0.2, 0) is 16.4 Å². The smallest absolute Gasteiger partial charge is 0.264 e. The molecule has 0 radical (unpaired) electrons. The minimum atomic E-state index is -3.82. The summed E-state index contributed by atoms with van der Waals surface area (Å²) in [6, 6.07) is 26.8. The van der Waals surface area contributed by atoms with Crippen LogP contribution in [0.1, 0.15) is 39.5 Å². The summed E-state index contributed by atoms with van der Waals surface area (Å²) in [6.07, 6.45) is 4.96. The van der Waals surface area contributed by atoms with E-state index in [4.69, 9.17) is 0 Å². The molecule has 5 rings (SSSR count). The molecular formula is C28H25N3O3S. The van der Waals surface area contributed by atoms with Gasteiger partial charge in [-0.25, -0.2) is 8.42 Å². The Hall–Kier alpha value is -3.97. The van der Waals surface area contributed by atoms with Crippen LogP contribution in [0.5, 0.6) is 0 Å². The van der Waals surface area contributed by atoms with Crippen molar-refractivity contribution in [2.24, 2.45) is 0 Å². The van der Waals surface area contributed by atoms with Gasteiger partial charge in [0, 0.05) is 24.5 Å². The molecule has 0 saturated carbocycles. The molecule has 1 aromatic heterocycles. The monoisotopic (exact) mass is 483 g/mol. The summed E-state index contributed by atoms with van der Waals surface area (Å²) >= 11 is 0. The fourth-order valence-corrected chi connectivity index (χ4v) is 6.04. The van der Waals surface area contributed by atoms with Crippen LogP contribution in [0.25, 0.3) is 0 Å². The molecule has 0 fully saturated rings. The fourth-order valence-electron chi connectivity index (χ4n) is 4.45. The van der Waals surface area contributed by atoms with Gasteiger partial charge in [0.2, 0.25) is 0 Å². The van der Waals surface area contributed by atoms with Gasteiger partial charge < -0.3 is 5.32 Å². The van der Waals surface area contributed by atoms with Gasteiger partial charge in [0.05, 0.1) is 16.6 Å². The van der Waals surface area contributed by atoms with Crippen LogP contribution in [0.15, 0.2) is 108 Å². The van der Waals surface area contributed by atoms with Crippen molar-refractivity contribution in [2.45, 2.75) is 23.8 Å². The van der Waals surface area contributed by atoms with Crippen molar-refractivity contribution < 1.29 is 13.2 Å². The van der Waals surface area contributed by atoms with Crippen LogP contribution in [0.3, 0.4) is 0 Å². The number of anilines is 1. The zero-order valence-electron chi connectivity index (χ0n) is 19.0. The molecule has 2 heterocycles. The lowest BCUT2D eigenvalue weighted by Crippen LogP contribution is -2.35. The van der Waals surface area contributed by atoms with Crippen molar-refractivity contribution in [1.82, 2.24) is 10.3 Å². The lowest BCUT2D eigenvalue weighted by atomic mass is 9.99. The van der Waals surface area contributed by atoms with Crippen molar-refractivity contribution in [3.05, 3.63) is 126 Å². The highest BCUT2D eigenvalue weighted by molar-refractivity contribution is 7.92. The maximum atomic E-state index is 13.6. The normalized spacial score (nSPS) is 14.1. The van der Waals surface area contributed by atoms with Crippen LogP contribution >= 0.6 is 0 Å². The molecule has 6 nitrogen and oxygen atoms in total. The number of nitrogens with zero attached hydrogens (tertiary/aromatic N) is 2. The van der Waals surface area contributed by atoms with E-state index in [-0.39, 0.29) is 16.4 Å².